The SMILES string of the molecule is CCn1nc(C(C)C)cc(-c2csc(NC)n2)c1=O. The van der Waals surface area contributed by atoms with Crippen LogP contribution in [0.2, 0.25) is 0 Å². The molecule has 0 fully saturated rings. The lowest BCUT2D eigenvalue weighted by Crippen LogP contribution is -2.25. The van der Waals surface area contributed by atoms with Crippen LogP contribution in [-0.2, 0) is 6.54 Å². The van der Waals surface area contributed by atoms with Crippen molar-refractivity contribution in [2.75, 3.05) is 12.4 Å². The number of aromatic nitrogens is 3. The van der Waals surface area contributed by atoms with Gasteiger partial charge in [0.25, 0.3) is 5.56 Å². The molecule has 1 N–H and O–H groups in total. The number of anilines is 1. The van der Waals surface area contributed by atoms with Crippen molar-refractivity contribution in [3.8, 4) is 11.3 Å². The molecule has 0 saturated heterocycles. The zero-order valence-electron chi connectivity index (χ0n) is 11.6. The Balaban J connectivity index is 2.61. The molecule has 0 unspecified atom stereocenters. The van der Waals surface area contributed by atoms with Gasteiger partial charge in [0.1, 0.15) is 0 Å². The Morgan fingerprint density at radius 1 is 1.47 bits per heavy atom. The summed E-state index contributed by atoms with van der Waals surface area (Å²) in [5, 5.41) is 10.1. The molecule has 2 rings (SSSR count). The third-order valence-electron chi connectivity index (χ3n) is 2.88. The van der Waals surface area contributed by atoms with Crippen molar-refractivity contribution >= 4 is 16.5 Å². The molecule has 5 nitrogen and oxygen atoms in total. The number of hydrogen-bond donors (Lipinski definition) is 1. The minimum atomic E-state index is -0.0835. The third-order valence-corrected chi connectivity index (χ3v) is 3.74. The Bertz CT molecular complexity index is 630. The minimum absolute atomic E-state index is 0.0835. The molecule has 0 bridgehead atoms. The highest BCUT2D eigenvalue weighted by Gasteiger charge is 2.14. The summed E-state index contributed by atoms with van der Waals surface area (Å²) in [6, 6.07) is 1.85. The van der Waals surface area contributed by atoms with Gasteiger partial charge in [0.2, 0.25) is 0 Å². The molecular formula is C13H18N4OS. The van der Waals surface area contributed by atoms with Crippen LogP contribution in [-0.4, -0.2) is 21.8 Å². The predicted molar refractivity (Wildman–Crippen MR) is 78.9 cm³/mol. The third kappa shape index (κ3) is 2.68. The molecule has 6 heteroatoms. The molecule has 0 aliphatic rings. The van der Waals surface area contributed by atoms with Gasteiger partial charge in [0.15, 0.2) is 5.13 Å². The van der Waals surface area contributed by atoms with E-state index in [0.29, 0.717) is 17.8 Å². The zero-order valence-corrected chi connectivity index (χ0v) is 12.4. The molecule has 0 aromatic carbocycles. The second kappa shape index (κ2) is 5.52. The topological polar surface area (TPSA) is 59.8 Å². The molecule has 2 heterocycles. The summed E-state index contributed by atoms with van der Waals surface area (Å²) in [5.41, 5.74) is 2.17. The van der Waals surface area contributed by atoms with Gasteiger partial charge in [-0.05, 0) is 18.9 Å². The van der Waals surface area contributed by atoms with Crippen molar-refractivity contribution in [2.24, 2.45) is 0 Å². The largest absolute Gasteiger partial charge is 0.365 e. The van der Waals surface area contributed by atoms with Crippen LogP contribution in [0, 0.1) is 0 Å². The standard InChI is InChI=1S/C13H18N4OS/c1-5-17-12(18)9(6-10(16-17)8(2)3)11-7-19-13(14-4)15-11/h6-8H,5H2,1-4H3,(H,14,15). The molecular weight excluding hydrogens is 260 g/mol. The van der Waals surface area contributed by atoms with Crippen molar-refractivity contribution in [2.45, 2.75) is 33.2 Å². The summed E-state index contributed by atoms with van der Waals surface area (Å²) >= 11 is 1.49. The van der Waals surface area contributed by atoms with Crippen LogP contribution >= 0.6 is 11.3 Å². The first kappa shape index (κ1) is 13.7. The van der Waals surface area contributed by atoms with Crippen LogP contribution < -0.4 is 10.9 Å². The summed E-state index contributed by atoms with van der Waals surface area (Å²) in [7, 11) is 1.82. The van der Waals surface area contributed by atoms with Crippen LogP contribution in [0.15, 0.2) is 16.2 Å². The summed E-state index contributed by atoms with van der Waals surface area (Å²) in [6.07, 6.45) is 0. The van der Waals surface area contributed by atoms with Crippen LogP contribution in [0.4, 0.5) is 5.13 Å². The predicted octanol–water partition coefficient (Wildman–Crippen LogP) is 2.55. The molecule has 0 aliphatic carbocycles. The summed E-state index contributed by atoms with van der Waals surface area (Å²) in [5.74, 6) is 0.277. The van der Waals surface area contributed by atoms with Crippen LogP contribution in [0.3, 0.4) is 0 Å². The average Bonchev–Trinajstić information content (AvgIpc) is 2.87. The van der Waals surface area contributed by atoms with E-state index in [1.165, 1.54) is 16.0 Å². The molecule has 2 aromatic heterocycles. The van der Waals surface area contributed by atoms with Crippen molar-refractivity contribution in [1.82, 2.24) is 14.8 Å². The molecule has 2 aromatic rings. The van der Waals surface area contributed by atoms with E-state index < -0.39 is 0 Å². The van der Waals surface area contributed by atoms with E-state index in [0.717, 1.165) is 10.8 Å². The number of thiazole rings is 1. The Labute approximate surface area is 116 Å². The molecule has 0 saturated carbocycles. The lowest BCUT2D eigenvalue weighted by Gasteiger charge is -2.10. The van der Waals surface area contributed by atoms with Gasteiger partial charge >= 0.3 is 0 Å². The van der Waals surface area contributed by atoms with Crippen molar-refractivity contribution in [1.29, 1.82) is 0 Å². The second-order valence-electron chi connectivity index (χ2n) is 4.55. The van der Waals surface area contributed by atoms with Gasteiger partial charge in [-0.25, -0.2) is 9.67 Å². The van der Waals surface area contributed by atoms with Crippen LogP contribution in [0.1, 0.15) is 32.4 Å². The van der Waals surface area contributed by atoms with E-state index in [-0.39, 0.29) is 11.5 Å². The van der Waals surface area contributed by atoms with E-state index in [2.05, 4.69) is 29.2 Å². The number of hydrogen-bond acceptors (Lipinski definition) is 5. The van der Waals surface area contributed by atoms with E-state index >= 15 is 0 Å². The fraction of sp³-hybridized carbons (Fsp3) is 0.462. The van der Waals surface area contributed by atoms with Crippen molar-refractivity contribution in [3.63, 3.8) is 0 Å². The van der Waals surface area contributed by atoms with Gasteiger partial charge < -0.3 is 5.32 Å². The highest BCUT2D eigenvalue weighted by atomic mass is 32.1. The monoisotopic (exact) mass is 278 g/mol. The van der Waals surface area contributed by atoms with Gasteiger partial charge in [-0.3, -0.25) is 4.79 Å². The van der Waals surface area contributed by atoms with E-state index in [4.69, 9.17) is 0 Å². The first-order valence-electron chi connectivity index (χ1n) is 6.32. The van der Waals surface area contributed by atoms with Gasteiger partial charge in [0, 0.05) is 19.0 Å². The Kier molecular flexibility index (Phi) is 3.99. The summed E-state index contributed by atoms with van der Waals surface area (Å²) < 4.78 is 1.50. The number of rotatable bonds is 4. The smallest absolute Gasteiger partial charge is 0.276 e. The van der Waals surface area contributed by atoms with E-state index in [1.54, 1.807) is 0 Å². The maximum absolute atomic E-state index is 12.3. The van der Waals surface area contributed by atoms with Crippen LogP contribution in [0.25, 0.3) is 11.3 Å². The highest BCUT2D eigenvalue weighted by Crippen LogP contribution is 2.23. The fourth-order valence-electron chi connectivity index (χ4n) is 1.75. The number of nitrogens with one attached hydrogen (secondary N) is 1. The molecule has 0 amide bonds. The molecule has 0 spiro atoms. The highest BCUT2D eigenvalue weighted by molar-refractivity contribution is 7.14. The van der Waals surface area contributed by atoms with Crippen molar-refractivity contribution in [3.05, 3.63) is 27.5 Å². The molecule has 19 heavy (non-hydrogen) atoms. The van der Waals surface area contributed by atoms with Gasteiger partial charge in [0.05, 0.1) is 17.0 Å². The van der Waals surface area contributed by atoms with Gasteiger partial charge in [-0.15, -0.1) is 11.3 Å². The number of aryl methyl sites for hydroxylation is 1. The average molecular weight is 278 g/mol. The fourth-order valence-corrected chi connectivity index (χ4v) is 2.43. The van der Waals surface area contributed by atoms with E-state index in [9.17, 15) is 4.79 Å². The summed E-state index contributed by atoms with van der Waals surface area (Å²) in [6.45, 7) is 6.62. The lowest BCUT2D eigenvalue weighted by molar-refractivity contribution is 0.587. The first-order chi connectivity index (χ1) is 9.06. The normalized spacial score (nSPS) is 11.0. The van der Waals surface area contributed by atoms with Gasteiger partial charge in [-0.1, -0.05) is 13.8 Å². The molecule has 0 aliphatic heterocycles. The Morgan fingerprint density at radius 2 is 2.21 bits per heavy atom. The van der Waals surface area contributed by atoms with Crippen molar-refractivity contribution < 1.29 is 0 Å². The maximum atomic E-state index is 12.3. The second-order valence-corrected chi connectivity index (χ2v) is 5.40. The minimum Gasteiger partial charge on any atom is -0.365 e. The first-order valence-corrected chi connectivity index (χ1v) is 7.20. The molecule has 102 valence electrons. The van der Waals surface area contributed by atoms with E-state index in [1.807, 2.05) is 25.4 Å². The van der Waals surface area contributed by atoms with Crippen LogP contribution in [0.5, 0.6) is 0 Å². The van der Waals surface area contributed by atoms with Gasteiger partial charge in [-0.2, -0.15) is 5.10 Å². The Morgan fingerprint density at radius 3 is 2.74 bits per heavy atom. The quantitative estimate of drug-likeness (QED) is 0.933. The zero-order chi connectivity index (χ0) is 14.0. The molecule has 0 atom stereocenters. The summed E-state index contributed by atoms with van der Waals surface area (Å²) in [4.78, 5) is 16.7. The molecule has 0 radical (unpaired) electrons. The Hall–Kier alpha value is -1.69. The lowest BCUT2D eigenvalue weighted by atomic mass is 10.1. The maximum Gasteiger partial charge on any atom is 0.276 e. The number of nitrogens with zero attached hydrogens (tertiary/aromatic N) is 3.